The van der Waals surface area contributed by atoms with E-state index in [9.17, 15) is 14.7 Å². The molecule has 2 unspecified atom stereocenters. The standard InChI is InChI=1S/C16H30N2O3/c1-4-12(3)11-18(5-2)16(21)17-14(15(19)20)13-9-7-6-8-10-13/h12-14H,4-11H2,1-3H3,(H,17,21)(H,19,20). The maximum Gasteiger partial charge on any atom is 0.326 e. The van der Waals surface area contributed by atoms with Crippen LogP contribution in [0.3, 0.4) is 0 Å². The van der Waals surface area contributed by atoms with E-state index < -0.39 is 12.0 Å². The van der Waals surface area contributed by atoms with Gasteiger partial charge in [0.1, 0.15) is 6.04 Å². The maximum atomic E-state index is 12.3. The number of urea groups is 1. The zero-order valence-electron chi connectivity index (χ0n) is 13.6. The van der Waals surface area contributed by atoms with Crippen LogP contribution in [0.25, 0.3) is 0 Å². The number of aliphatic carboxylic acids is 1. The van der Waals surface area contributed by atoms with Crippen LogP contribution in [-0.2, 0) is 4.79 Å². The summed E-state index contributed by atoms with van der Waals surface area (Å²) >= 11 is 0. The molecule has 1 aliphatic carbocycles. The van der Waals surface area contributed by atoms with Crippen molar-refractivity contribution in [2.24, 2.45) is 11.8 Å². The van der Waals surface area contributed by atoms with E-state index in [2.05, 4.69) is 19.2 Å². The molecule has 5 nitrogen and oxygen atoms in total. The first kappa shape index (κ1) is 17.8. The Bertz CT molecular complexity index is 340. The van der Waals surface area contributed by atoms with Crippen LogP contribution in [-0.4, -0.2) is 41.1 Å². The fourth-order valence-corrected chi connectivity index (χ4v) is 2.93. The molecular formula is C16H30N2O3. The van der Waals surface area contributed by atoms with Crippen LogP contribution in [0.15, 0.2) is 0 Å². The Hall–Kier alpha value is -1.26. The van der Waals surface area contributed by atoms with Gasteiger partial charge in [0.25, 0.3) is 0 Å². The summed E-state index contributed by atoms with van der Waals surface area (Å²) in [5, 5.41) is 12.2. The molecule has 122 valence electrons. The van der Waals surface area contributed by atoms with Gasteiger partial charge in [0, 0.05) is 13.1 Å². The minimum atomic E-state index is -0.908. The van der Waals surface area contributed by atoms with Crippen molar-refractivity contribution in [2.45, 2.75) is 65.3 Å². The lowest BCUT2D eigenvalue weighted by Gasteiger charge is -2.31. The minimum Gasteiger partial charge on any atom is -0.480 e. The highest BCUT2D eigenvalue weighted by Crippen LogP contribution is 2.26. The predicted octanol–water partition coefficient (Wildman–Crippen LogP) is 3.10. The van der Waals surface area contributed by atoms with E-state index >= 15 is 0 Å². The molecule has 1 rings (SSSR count). The number of hydrogen-bond donors (Lipinski definition) is 2. The Morgan fingerprint density at radius 3 is 2.33 bits per heavy atom. The predicted molar refractivity (Wildman–Crippen MR) is 83.2 cm³/mol. The van der Waals surface area contributed by atoms with Gasteiger partial charge in [-0.2, -0.15) is 0 Å². The van der Waals surface area contributed by atoms with Crippen LogP contribution in [0.1, 0.15) is 59.3 Å². The highest BCUT2D eigenvalue weighted by atomic mass is 16.4. The lowest BCUT2D eigenvalue weighted by Crippen LogP contribution is -2.52. The summed E-state index contributed by atoms with van der Waals surface area (Å²) < 4.78 is 0. The molecule has 0 spiro atoms. The second-order valence-corrected chi connectivity index (χ2v) is 6.22. The van der Waals surface area contributed by atoms with E-state index in [1.807, 2.05) is 6.92 Å². The van der Waals surface area contributed by atoms with Crippen molar-refractivity contribution in [3.05, 3.63) is 0 Å². The van der Waals surface area contributed by atoms with E-state index in [0.717, 1.165) is 32.1 Å². The Balaban J connectivity index is 2.63. The summed E-state index contributed by atoms with van der Waals surface area (Å²) in [7, 11) is 0. The van der Waals surface area contributed by atoms with Crippen LogP contribution < -0.4 is 5.32 Å². The molecule has 0 aromatic carbocycles. The molecule has 2 atom stereocenters. The largest absolute Gasteiger partial charge is 0.480 e. The zero-order chi connectivity index (χ0) is 15.8. The highest BCUT2D eigenvalue weighted by Gasteiger charge is 2.31. The van der Waals surface area contributed by atoms with Gasteiger partial charge >= 0.3 is 12.0 Å². The second kappa shape index (κ2) is 8.90. The third kappa shape index (κ3) is 5.56. The Morgan fingerprint density at radius 2 is 1.86 bits per heavy atom. The normalized spacial score (nSPS) is 18.8. The number of nitrogens with zero attached hydrogens (tertiary/aromatic N) is 1. The SMILES string of the molecule is CCC(C)CN(CC)C(=O)NC(C(=O)O)C1CCCCC1. The highest BCUT2D eigenvalue weighted by molar-refractivity contribution is 5.82. The Morgan fingerprint density at radius 1 is 1.24 bits per heavy atom. The van der Waals surface area contributed by atoms with Crippen LogP contribution in [0, 0.1) is 11.8 Å². The van der Waals surface area contributed by atoms with Crippen molar-refractivity contribution in [1.29, 1.82) is 0 Å². The lowest BCUT2D eigenvalue weighted by molar-refractivity contribution is -0.141. The summed E-state index contributed by atoms with van der Waals surface area (Å²) in [5.74, 6) is -0.411. The Labute approximate surface area is 128 Å². The van der Waals surface area contributed by atoms with Crippen LogP contribution in [0.2, 0.25) is 0 Å². The van der Waals surface area contributed by atoms with Crippen molar-refractivity contribution in [3.8, 4) is 0 Å². The number of rotatable bonds is 7. The van der Waals surface area contributed by atoms with Gasteiger partial charge in [0.15, 0.2) is 0 Å². The molecule has 2 amide bonds. The number of carboxylic acids is 1. The first-order valence-corrected chi connectivity index (χ1v) is 8.27. The quantitative estimate of drug-likeness (QED) is 0.759. The first-order chi connectivity index (χ1) is 9.99. The average Bonchev–Trinajstić information content (AvgIpc) is 2.50. The van der Waals surface area contributed by atoms with Crippen molar-refractivity contribution < 1.29 is 14.7 Å². The minimum absolute atomic E-state index is 0.0718. The van der Waals surface area contributed by atoms with Gasteiger partial charge in [-0.15, -0.1) is 0 Å². The van der Waals surface area contributed by atoms with Crippen LogP contribution >= 0.6 is 0 Å². The number of carboxylic acid groups (broad SMARTS) is 1. The molecule has 0 radical (unpaired) electrons. The summed E-state index contributed by atoms with van der Waals surface area (Å²) in [5.41, 5.74) is 0. The fraction of sp³-hybridized carbons (Fsp3) is 0.875. The summed E-state index contributed by atoms with van der Waals surface area (Å²) in [6.07, 6.45) is 6.10. The molecule has 1 fully saturated rings. The van der Waals surface area contributed by atoms with Gasteiger partial charge in [0.05, 0.1) is 0 Å². The van der Waals surface area contributed by atoms with Crippen molar-refractivity contribution in [3.63, 3.8) is 0 Å². The smallest absolute Gasteiger partial charge is 0.326 e. The van der Waals surface area contributed by atoms with E-state index in [-0.39, 0.29) is 11.9 Å². The number of carbonyl (C=O) groups excluding carboxylic acids is 1. The van der Waals surface area contributed by atoms with Crippen LogP contribution in [0.4, 0.5) is 4.79 Å². The van der Waals surface area contributed by atoms with Crippen molar-refractivity contribution in [2.75, 3.05) is 13.1 Å². The van der Waals surface area contributed by atoms with Crippen LogP contribution in [0.5, 0.6) is 0 Å². The molecule has 0 bridgehead atoms. The van der Waals surface area contributed by atoms with E-state index in [4.69, 9.17) is 0 Å². The first-order valence-electron chi connectivity index (χ1n) is 8.27. The summed E-state index contributed by atoms with van der Waals surface area (Å²) in [4.78, 5) is 25.5. The van der Waals surface area contributed by atoms with E-state index in [1.54, 1.807) is 4.90 Å². The van der Waals surface area contributed by atoms with Gasteiger partial charge in [-0.3, -0.25) is 0 Å². The summed E-state index contributed by atoms with van der Waals surface area (Å²) in [6, 6.07) is -0.987. The topological polar surface area (TPSA) is 69.6 Å². The maximum absolute atomic E-state index is 12.3. The molecule has 1 saturated carbocycles. The van der Waals surface area contributed by atoms with E-state index in [0.29, 0.717) is 19.0 Å². The number of nitrogens with one attached hydrogen (secondary N) is 1. The average molecular weight is 298 g/mol. The van der Waals surface area contributed by atoms with Crippen molar-refractivity contribution in [1.82, 2.24) is 10.2 Å². The molecule has 0 heterocycles. The monoisotopic (exact) mass is 298 g/mol. The summed E-state index contributed by atoms with van der Waals surface area (Å²) in [6.45, 7) is 7.41. The molecule has 0 saturated heterocycles. The molecule has 21 heavy (non-hydrogen) atoms. The van der Waals surface area contributed by atoms with Gasteiger partial charge in [0.2, 0.25) is 0 Å². The van der Waals surface area contributed by atoms with Gasteiger partial charge in [-0.25, -0.2) is 9.59 Å². The Kier molecular flexibility index (Phi) is 7.54. The molecule has 0 aliphatic heterocycles. The third-order valence-electron chi connectivity index (χ3n) is 4.56. The van der Waals surface area contributed by atoms with Gasteiger partial charge < -0.3 is 15.3 Å². The molecule has 2 N–H and O–H groups in total. The number of hydrogen-bond acceptors (Lipinski definition) is 2. The molecule has 5 heteroatoms. The van der Waals surface area contributed by atoms with Gasteiger partial charge in [-0.1, -0.05) is 39.5 Å². The molecule has 0 aromatic heterocycles. The van der Waals surface area contributed by atoms with E-state index in [1.165, 1.54) is 6.42 Å². The zero-order valence-corrected chi connectivity index (χ0v) is 13.6. The van der Waals surface area contributed by atoms with Crippen molar-refractivity contribution >= 4 is 12.0 Å². The lowest BCUT2D eigenvalue weighted by atomic mass is 9.84. The number of amides is 2. The molecular weight excluding hydrogens is 268 g/mol. The second-order valence-electron chi connectivity index (χ2n) is 6.22. The fourth-order valence-electron chi connectivity index (χ4n) is 2.93. The molecule has 1 aliphatic rings. The van der Waals surface area contributed by atoms with Gasteiger partial charge in [-0.05, 0) is 31.6 Å². The molecule has 0 aromatic rings. The number of carbonyl (C=O) groups is 2. The third-order valence-corrected chi connectivity index (χ3v) is 4.56.